The number of ketones is 1. The summed E-state index contributed by atoms with van der Waals surface area (Å²) in [5.41, 5.74) is 0.381. The second kappa shape index (κ2) is 2.77. The third kappa shape index (κ3) is 1.60. The van der Waals surface area contributed by atoms with E-state index in [-0.39, 0.29) is 5.69 Å². The van der Waals surface area contributed by atoms with Crippen molar-refractivity contribution in [3.8, 4) is 0 Å². The SMILES string of the molecule is Cc1cc(C(=O)C(F)F)n[nH]1. The second-order valence-electron chi connectivity index (χ2n) is 2.10. The minimum Gasteiger partial charge on any atom is -0.286 e. The lowest BCUT2D eigenvalue weighted by atomic mass is 10.3. The van der Waals surface area contributed by atoms with Crippen molar-refractivity contribution in [3.05, 3.63) is 17.5 Å². The molecule has 0 unspecified atom stereocenters. The van der Waals surface area contributed by atoms with Crippen molar-refractivity contribution < 1.29 is 13.6 Å². The van der Waals surface area contributed by atoms with Crippen LogP contribution < -0.4 is 0 Å². The number of aromatic nitrogens is 2. The van der Waals surface area contributed by atoms with Crippen LogP contribution in [-0.4, -0.2) is 22.4 Å². The van der Waals surface area contributed by atoms with Gasteiger partial charge in [-0.1, -0.05) is 0 Å². The van der Waals surface area contributed by atoms with E-state index in [2.05, 4.69) is 10.2 Å². The predicted molar refractivity (Wildman–Crippen MR) is 33.7 cm³/mol. The average Bonchev–Trinajstić information content (AvgIpc) is 2.34. The highest BCUT2D eigenvalue weighted by atomic mass is 19.3. The van der Waals surface area contributed by atoms with Crippen LogP contribution >= 0.6 is 0 Å². The van der Waals surface area contributed by atoms with Gasteiger partial charge < -0.3 is 0 Å². The van der Waals surface area contributed by atoms with Crippen molar-refractivity contribution in [1.82, 2.24) is 10.2 Å². The molecule has 60 valence electrons. The topological polar surface area (TPSA) is 45.8 Å². The molecule has 0 aromatic carbocycles. The number of Topliss-reactive ketones (excluding diaryl/α,β-unsaturated/α-hetero) is 1. The van der Waals surface area contributed by atoms with Crippen LogP contribution in [0, 0.1) is 6.92 Å². The Morgan fingerprint density at radius 1 is 1.73 bits per heavy atom. The molecular weight excluding hydrogens is 154 g/mol. The molecule has 0 atom stereocenters. The molecule has 0 spiro atoms. The number of carbonyl (C=O) groups is 1. The monoisotopic (exact) mass is 160 g/mol. The molecule has 1 aromatic rings. The number of carbonyl (C=O) groups excluding carboxylic acids is 1. The van der Waals surface area contributed by atoms with Gasteiger partial charge in [0.25, 0.3) is 0 Å². The third-order valence-corrected chi connectivity index (χ3v) is 1.16. The molecule has 0 saturated heterocycles. The fourth-order valence-electron chi connectivity index (χ4n) is 0.656. The van der Waals surface area contributed by atoms with E-state index in [4.69, 9.17) is 0 Å². The van der Waals surface area contributed by atoms with Crippen molar-refractivity contribution in [2.75, 3.05) is 0 Å². The smallest absolute Gasteiger partial charge is 0.286 e. The quantitative estimate of drug-likeness (QED) is 0.660. The van der Waals surface area contributed by atoms with Gasteiger partial charge in [-0.05, 0) is 13.0 Å². The second-order valence-corrected chi connectivity index (χ2v) is 2.10. The van der Waals surface area contributed by atoms with Crippen molar-refractivity contribution >= 4 is 5.78 Å². The number of H-pyrrole nitrogens is 1. The number of aryl methyl sites for hydroxylation is 1. The summed E-state index contributed by atoms with van der Waals surface area (Å²) in [7, 11) is 0. The Morgan fingerprint density at radius 3 is 2.73 bits per heavy atom. The fraction of sp³-hybridized carbons (Fsp3) is 0.333. The minimum atomic E-state index is -2.97. The molecular formula is C6H6F2N2O. The molecule has 1 heterocycles. The van der Waals surface area contributed by atoms with Crippen molar-refractivity contribution in [1.29, 1.82) is 0 Å². The van der Waals surface area contributed by atoms with E-state index in [9.17, 15) is 13.6 Å². The summed E-state index contributed by atoms with van der Waals surface area (Å²) in [5, 5.41) is 5.78. The van der Waals surface area contributed by atoms with Gasteiger partial charge in [0, 0.05) is 5.69 Å². The van der Waals surface area contributed by atoms with E-state index in [1.54, 1.807) is 6.92 Å². The summed E-state index contributed by atoms with van der Waals surface area (Å²) >= 11 is 0. The highest BCUT2D eigenvalue weighted by Crippen LogP contribution is 2.05. The first kappa shape index (κ1) is 7.84. The number of nitrogens with one attached hydrogen (secondary N) is 1. The molecule has 0 saturated carbocycles. The average molecular weight is 160 g/mol. The highest BCUT2D eigenvalue weighted by molar-refractivity contribution is 5.96. The van der Waals surface area contributed by atoms with Crippen LogP contribution in [0.15, 0.2) is 6.07 Å². The molecule has 0 aliphatic carbocycles. The van der Waals surface area contributed by atoms with Gasteiger partial charge in [0.2, 0.25) is 5.78 Å². The van der Waals surface area contributed by atoms with Crippen LogP contribution in [0.5, 0.6) is 0 Å². The zero-order valence-corrected chi connectivity index (χ0v) is 5.77. The molecule has 1 aromatic heterocycles. The maximum absolute atomic E-state index is 11.7. The first-order valence-corrected chi connectivity index (χ1v) is 2.95. The van der Waals surface area contributed by atoms with Gasteiger partial charge in [-0.15, -0.1) is 0 Å². The standard InChI is InChI=1S/C6H6F2N2O/c1-3-2-4(10-9-3)5(11)6(7)8/h2,6H,1H3,(H,9,10). The molecule has 0 aliphatic heterocycles. The Hall–Kier alpha value is -1.26. The summed E-state index contributed by atoms with van der Waals surface area (Å²) in [6, 6.07) is 1.29. The number of aromatic amines is 1. The Morgan fingerprint density at radius 2 is 2.36 bits per heavy atom. The molecule has 0 aliphatic rings. The van der Waals surface area contributed by atoms with Gasteiger partial charge in [-0.25, -0.2) is 8.78 Å². The zero-order chi connectivity index (χ0) is 8.43. The van der Waals surface area contributed by atoms with E-state index in [0.717, 1.165) is 0 Å². The normalized spacial score (nSPS) is 10.5. The lowest BCUT2D eigenvalue weighted by Crippen LogP contribution is -2.10. The van der Waals surface area contributed by atoms with Gasteiger partial charge in [0.15, 0.2) is 0 Å². The van der Waals surface area contributed by atoms with Crippen LogP contribution in [0.1, 0.15) is 16.2 Å². The lowest BCUT2D eigenvalue weighted by Gasteiger charge is -1.90. The molecule has 0 amide bonds. The molecule has 0 radical (unpaired) electrons. The number of halogens is 2. The Kier molecular flexibility index (Phi) is 1.98. The van der Waals surface area contributed by atoms with Crippen LogP contribution in [0.4, 0.5) is 8.78 Å². The van der Waals surface area contributed by atoms with Gasteiger partial charge >= 0.3 is 6.43 Å². The number of hydrogen-bond donors (Lipinski definition) is 1. The van der Waals surface area contributed by atoms with Crippen LogP contribution in [-0.2, 0) is 0 Å². The summed E-state index contributed by atoms with van der Waals surface area (Å²) in [6.07, 6.45) is -2.97. The van der Waals surface area contributed by atoms with Crippen LogP contribution in [0.3, 0.4) is 0 Å². The molecule has 5 heteroatoms. The Labute approximate surface area is 61.4 Å². The van der Waals surface area contributed by atoms with Crippen LogP contribution in [0.25, 0.3) is 0 Å². The van der Waals surface area contributed by atoms with Crippen LogP contribution in [0.2, 0.25) is 0 Å². The third-order valence-electron chi connectivity index (χ3n) is 1.16. The molecule has 1 N–H and O–H groups in total. The largest absolute Gasteiger partial charge is 0.302 e. The van der Waals surface area contributed by atoms with Crippen molar-refractivity contribution in [3.63, 3.8) is 0 Å². The number of alkyl halides is 2. The summed E-state index contributed by atoms with van der Waals surface area (Å²) in [6.45, 7) is 1.63. The lowest BCUT2D eigenvalue weighted by molar-refractivity contribution is 0.0673. The maximum Gasteiger partial charge on any atom is 0.302 e. The maximum atomic E-state index is 11.7. The highest BCUT2D eigenvalue weighted by Gasteiger charge is 2.19. The Balaban J connectivity index is 2.85. The van der Waals surface area contributed by atoms with E-state index in [0.29, 0.717) is 5.69 Å². The number of nitrogens with zero attached hydrogens (tertiary/aromatic N) is 1. The zero-order valence-electron chi connectivity index (χ0n) is 5.77. The van der Waals surface area contributed by atoms with Crippen molar-refractivity contribution in [2.24, 2.45) is 0 Å². The van der Waals surface area contributed by atoms with Gasteiger partial charge in [0.05, 0.1) is 0 Å². The first-order chi connectivity index (χ1) is 5.11. The van der Waals surface area contributed by atoms with Gasteiger partial charge in [-0.2, -0.15) is 5.10 Å². The van der Waals surface area contributed by atoms with E-state index in [1.807, 2.05) is 0 Å². The minimum absolute atomic E-state index is 0.211. The number of rotatable bonds is 2. The van der Waals surface area contributed by atoms with E-state index < -0.39 is 12.2 Å². The molecule has 1 rings (SSSR count). The molecule has 0 fully saturated rings. The van der Waals surface area contributed by atoms with E-state index in [1.165, 1.54) is 6.07 Å². The van der Waals surface area contributed by atoms with Crippen molar-refractivity contribution in [2.45, 2.75) is 13.3 Å². The first-order valence-electron chi connectivity index (χ1n) is 2.95. The summed E-state index contributed by atoms with van der Waals surface area (Å²) in [4.78, 5) is 10.5. The molecule has 0 bridgehead atoms. The fourth-order valence-corrected chi connectivity index (χ4v) is 0.656. The van der Waals surface area contributed by atoms with Gasteiger partial charge in [0.1, 0.15) is 5.69 Å². The Bertz CT molecular complexity index is 269. The summed E-state index contributed by atoms with van der Waals surface area (Å²) in [5.74, 6) is -1.24. The number of hydrogen-bond acceptors (Lipinski definition) is 2. The van der Waals surface area contributed by atoms with E-state index >= 15 is 0 Å². The molecule has 11 heavy (non-hydrogen) atoms. The summed E-state index contributed by atoms with van der Waals surface area (Å²) < 4.78 is 23.4. The predicted octanol–water partition coefficient (Wildman–Crippen LogP) is 1.17. The molecule has 3 nitrogen and oxygen atoms in total. The van der Waals surface area contributed by atoms with Gasteiger partial charge in [-0.3, -0.25) is 9.89 Å².